The molecule has 0 spiro atoms. The first-order valence-electron chi connectivity index (χ1n) is 20.5. The van der Waals surface area contributed by atoms with Crippen LogP contribution in [0, 0.1) is 35.0 Å². The Balaban J connectivity index is 1.34. The van der Waals surface area contributed by atoms with Gasteiger partial charge in [0.1, 0.15) is 23.8 Å². The Labute approximate surface area is 320 Å². The molecular weight excluding hydrogens is 686 g/mol. The number of nitrogens with one attached hydrogen (secondary N) is 4. The zero-order valence-corrected chi connectivity index (χ0v) is 33.2. The number of aromatic nitrogens is 2. The minimum atomic E-state index is -1.08. The molecule has 5 amide bonds. The molecule has 1 aromatic rings. The number of ketones is 1. The Morgan fingerprint density at radius 2 is 1.46 bits per heavy atom. The largest absolute Gasteiger partial charge is 0.347 e. The van der Waals surface area contributed by atoms with Gasteiger partial charge in [-0.25, -0.2) is 4.98 Å². The monoisotopic (exact) mass is 749 g/mol. The van der Waals surface area contributed by atoms with Crippen molar-refractivity contribution in [3.05, 3.63) is 24.3 Å². The van der Waals surface area contributed by atoms with Crippen molar-refractivity contribution in [1.82, 2.24) is 36.1 Å². The van der Waals surface area contributed by atoms with Crippen molar-refractivity contribution in [2.24, 2.45) is 35.0 Å². The van der Waals surface area contributed by atoms with Gasteiger partial charge in [0, 0.05) is 25.0 Å². The summed E-state index contributed by atoms with van der Waals surface area (Å²) in [4.78, 5) is 92.7. The second kappa shape index (κ2) is 18.2. The van der Waals surface area contributed by atoms with Crippen LogP contribution < -0.4 is 21.3 Å². The van der Waals surface area contributed by atoms with Gasteiger partial charge in [-0.2, -0.15) is 0 Å². The number of fused-ring (bicyclic) bond motifs is 1. The lowest BCUT2D eigenvalue weighted by atomic mass is 9.81. The van der Waals surface area contributed by atoms with E-state index in [0.29, 0.717) is 12.5 Å². The van der Waals surface area contributed by atoms with Crippen molar-refractivity contribution in [3.63, 3.8) is 0 Å². The molecule has 298 valence electrons. The quantitative estimate of drug-likeness (QED) is 0.218. The molecule has 13 heteroatoms. The molecule has 1 unspecified atom stereocenters. The maximum Gasteiger partial charge on any atom is 0.289 e. The number of carbonyl (C=O) groups is 6. The normalized spacial score (nSPS) is 25.8. The summed E-state index contributed by atoms with van der Waals surface area (Å²) in [5, 5.41) is 11.6. The van der Waals surface area contributed by atoms with Crippen LogP contribution in [0.25, 0.3) is 0 Å². The number of Topliss-reactive ketones (excluding diaryl/α,β-unsaturated/α-hetero) is 1. The highest BCUT2D eigenvalue weighted by molar-refractivity contribution is 6.38. The molecule has 4 fully saturated rings. The number of hydrogen-bond donors (Lipinski definition) is 4. The molecule has 54 heavy (non-hydrogen) atoms. The van der Waals surface area contributed by atoms with Crippen LogP contribution in [0.4, 0.5) is 0 Å². The number of nitrogens with zero attached hydrogens (tertiary/aromatic N) is 3. The first-order chi connectivity index (χ1) is 25.7. The predicted octanol–water partition coefficient (Wildman–Crippen LogP) is 4.11. The van der Waals surface area contributed by atoms with E-state index < -0.39 is 59.0 Å². The number of hydrogen-bond acceptors (Lipinski definition) is 8. The van der Waals surface area contributed by atoms with E-state index in [9.17, 15) is 28.8 Å². The number of likely N-dealkylation sites (tertiary alicyclic amines) is 1. The Hall–Kier alpha value is -3.90. The smallest absolute Gasteiger partial charge is 0.289 e. The van der Waals surface area contributed by atoms with Gasteiger partial charge in [0.05, 0.1) is 12.2 Å². The third kappa shape index (κ3) is 9.66. The zero-order valence-electron chi connectivity index (χ0n) is 33.2. The Morgan fingerprint density at radius 1 is 0.815 bits per heavy atom. The lowest BCUT2D eigenvalue weighted by Crippen LogP contribution is -2.62. The molecule has 4 N–H and O–H groups in total. The molecule has 0 bridgehead atoms. The number of amides is 5. The molecule has 0 radical (unpaired) electrons. The Kier molecular flexibility index (Phi) is 13.9. The Morgan fingerprint density at radius 3 is 2.06 bits per heavy atom. The maximum absolute atomic E-state index is 14.8. The van der Waals surface area contributed by atoms with E-state index >= 15 is 0 Å². The van der Waals surface area contributed by atoms with E-state index in [1.54, 1.807) is 4.90 Å². The Bertz CT molecular complexity index is 1500. The second-order valence-corrected chi connectivity index (χ2v) is 17.5. The lowest BCUT2D eigenvalue weighted by Gasteiger charge is -2.38. The van der Waals surface area contributed by atoms with Crippen molar-refractivity contribution in [2.45, 2.75) is 155 Å². The maximum atomic E-state index is 14.8. The number of rotatable bonds is 13. The summed E-state index contributed by atoms with van der Waals surface area (Å²) in [5.74, 6) is -2.81. The summed E-state index contributed by atoms with van der Waals surface area (Å²) < 4.78 is 0. The molecule has 1 aromatic heterocycles. The summed E-state index contributed by atoms with van der Waals surface area (Å²) >= 11 is 0. The number of carbonyl (C=O) groups excluding carboxylic acids is 6. The first-order valence-corrected chi connectivity index (χ1v) is 20.5. The van der Waals surface area contributed by atoms with E-state index in [-0.39, 0.29) is 41.3 Å². The molecule has 13 nitrogen and oxygen atoms in total. The fourth-order valence-electron chi connectivity index (χ4n) is 9.65. The molecule has 3 saturated carbocycles. The third-order valence-corrected chi connectivity index (χ3v) is 12.8. The van der Waals surface area contributed by atoms with Crippen LogP contribution in [0.2, 0.25) is 0 Å². The van der Waals surface area contributed by atoms with Gasteiger partial charge in [0.25, 0.3) is 11.8 Å². The van der Waals surface area contributed by atoms with Gasteiger partial charge in [-0.05, 0) is 87.4 Å². The zero-order chi connectivity index (χ0) is 39.2. The molecule has 2 heterocycles. The van der Waals surface area contributed by atoms with Gasteiger partial charge in [-0.3, -0.25) is 33.8 Å². The molecule has 5 rings (SSSR count). The van der Waals surface area contributed by atoms with E-state index in [1.807, 2.05) is 27.7 Å². The van der Waals surface area contributed by atoms with Gasteiger partial charge in [0.2, 0.25) is 23.5 Å². The third-order valence-electron chi connectivity index (χ3n) is 12.8. The van der Waals surface area contributed by atoms with Crippen LogP contribution in [0.1, 0.15) is 136 Å². The van der Waals surface area contributed by atoms with Gasteiger partial charge < -0.3 is 26.2 Å². The molecule has 0 aromatic carbocycles. The highest BCUT2D eigenvalue weighted by atomic mass is 16.2. The van der Waals surface area contributed by atoms with Crippen molar-refractivity contribution >= 4 is 35.3 Å². The summed E-state index contributed by atoms with van der Waals surface area (Å²) in [7, 11) is 0. The topological polar surface area (TPSA) is 180 Å². The molecule has 1 saturated heterocycles. The fraction of sp³-hybridized carbons (Fsp3) is 0.756. The second-order valence-electron chi connectivity index (χ2n) is 17.5. The van der Waals surface area contributed by atoms with E-state index in [2.05, 4.69) is 38.2 Å². The lowest BCUT2D eigenvalue weighted by molar-refractivity contribution is -0.146. The van der Waals surface area contributed by atoms with Crippen LogP contribution in [0.3, 0.4) is 0 Å². The standard InChI is InChI=1S/C41H63N7O6/c1-7-26-18-19-29-23-48(33(31(26)29)38(52)45-25(3)34(49)39(53)44-24(2)27-14-10-8-11-15-27)40(54)35(41(4,5)6)47-37(51)32(28-16-12-9-13-17-28)46-36(50)30-22-42-20-21-43-30/h20-22,24-29,31-33,35H,7-19,23H2,1-6H3,(H,44,53)(H,45,52)(H,46,50)(H,47,51)/t24-,25-,26?,29-,31-,32-,33-,35+/m0/s1. The highest BCUT2D eigenvalue weighted by Gasteiger charge is 2.55. The van der Waals surface area contributed by atoms with Crippen LogP contribution in [-0.4, -0.2) is 86.9 Å². The van der Waals surface area contributed by atoms with Crippen molar-refractivity contribution < 1.29 is 28.8 Å². The van der Waals surface area contributed by atoms with E-state index in [4.69, 9.17) is 0 Å². The minimum Gasteiger partial charge on any atom is -0.347 e. The SMILES string of the molecule is CCC1CC[C@H]2CN(C(=O)[C@@H](NC(=O)[C@@H](NC(=O)c3cnccn3)C3CCCCC3)C(C)(C)C)[C@H](C(=O)N[C@@H](C)C(=O)C(=O)N[C@@H](C)C3CCCCC3)[C@@H]12. The van der Waals surface area contributed by atoms with Crippen LogP contribution >= 0.6 is 0 Å². The van der Waals surface area contributed by atoms with Crippen LogP contribution in [-0.2, 0) is 24.0 Å². The first kappa shape index (κ1) is 41.3. The van der Waals surface area contributed by atoms with E-state index in [1.165, 1.54) is 31.9 Å². The molecule has 8 atom stereocenters. The van der Waals surface area contributed by atoms with Crippen molar-refractivity contribution in [2.75, 3.05) is 6.54 Å². The summed E-state index contributed by atoms with van der Waals surface area (Å²) in [5.41, 5.74) is -0.653. The summed E-state index contributed by atoms with van der Waals surface area (Å²) in [6.07, 6.45) is 16.8. The van der Waals surface area contributed by atoms with E-state index in [0.717, 1.165) is 77.0 Å². The van der Waals surface area contributed by atoms with Crippen molar-refractivity contribution in [1.29, 1.82) is 0 Å². The average Bonchev–Trinajstić information content (AvgIpc) is 3.75. The summed E-state index contributed by atoms with van der Waals surface area (Å²) in [6.45, 7) is 11.5. The van der Waals surface area contributed by atoms with Gasteiger partial charge in [-0.15, -0.1) is 0 Å². The predicted molar refractivity (Wildman–Crippen MR) is 204 cm³/mol. The average molecular weight is 750 g/mol. The fourth-order valence-corrected chi connectivity index (χ4v) is 9.65. The molecular formula is C41H63N7O6. The van der Waals surface area contributed by atoms with Crippen LogP contribution in [0.5, 0.6) is 0 Å². The van der Waals surface area contributed by atoms with Crippen LogP contribution in [0.15, 0.2) is 18.6 Å². The summed E-state index contributed by atoms with van der Waals surface area (Å²) in [6, 6.07) is -3.98. The van der Waals surface area contributed by atoms with Crippen molar-refractivity contribution in [3.8, 4) is 0 Å². The minimum absolute atomic E-state index is 0.0953. The highest BCUT2D eigenvalue weighted by Crippen LogP contribution is 2.48. The molecule has 3 aliphatic carbocycles. The molecule has 4 aliphatic rings. The molecule has 1 aliphatic heterocycles. The van der Waals surface area contributed by atoms with Gasteiger partial charge in [-0.1, -0.05) is 72.6 Å². The van der Waals surface area contributed by atoms with Gasteiger partial charge >= 0.3 is 0 Å². The van der Waals surface area contributed by atoms with Gasteiger partial charge in [0.15, 0.2) is 0 Å².